The number of hydrogen-bond donors (Lipinski definition) is 2. The van der Waals surface area contributed by atoms with Gasteiger partial charge in [0, 0.05) is 19.3 Å². The second-order valence-corrected chi connectivity index (χ2v) is 8.68. The Morgan fingerprint density at radius 3 is 2.84 bits per heavy atom. The van der Waals surface area contributed by atoms with Crippen molar-refractivity contribution in [1.29, 1.82) is 5.41 Å². The Kier molecular flexibility index (Phi) is 6.10. The first kappa shape index (κ1) is 21.8. The summed E-state index contributed by atoms with van der Waals surface area (Å²) in [7, 11) is 0. The van der Waals surface area contributed by atoms with Crippen LogP contribution >= 0.6 is 11.3 Å². The molecule has 4 aromatic heterocycles. The van der Waals surface area contributed by atoms with Crippen LogP contribution in [0.3, 0.4) is 0 Å². The minimum absolute atomic E-state index is 0.0343. The zero-order valence-electron chi connectivity index (χ0n) is 18.0. The molecule has 0 fully saturated rings. The first-order valence-corrected chi connectivity index (χ1v) is 11.0. The number of hydrogen-bond acceptors (Lipinski definition) is 8. The Labute approximate surface area is 187 Å². The Bertz CT molecular complexity index is 1420. The van der Waals surface area contributed by atoms with Crippen LogP contribution in [0.4, 0.5) is 5.13 Å². The molecule has 1 amide bonds. The summed E-state index contributed by atoms with van der Waals surface area (Å²) in [6.45, 7) is 6.54. The van der Waals surface area contributed by atoms with Crippen molar-refractivity contribution in [2.45, 2.75) is 39.8 Å². The van der Waals surface area contributed by atoms with Gasteiger partial charge in [0.05, 0.1) is 17.1 Å². The van der Waals surface area contributed by atoms with Gasteiger partial charge in [0.1, 0.15) is 21.8 Å². The smallest absolute Gasteiger partial charge is 0.267 e. The van der Waals surface area contributed by atoms with Gasteiger partial charge in [-0.25, -0.2) is 4.98 Å². The molecule has 0 aliphatic rings. The molecule has 0 saturated heterocycles. The van der Waals surface area contributed by atoms with Crippen molar-refractivity contribution >= 4 is 39.1 Å². The molecule has 0 bridgehead atoms. The average molecular weight is 454 g/mol. The predicted octanol–water partition coefficient (Wildman–Crippen LogP) is 2.36. The summed E-state index contributed by atoms with van der Waals surface area (Å²) in [4.78, 5) is 30.8. The summed E-state index contributed by atoms with van der Waals surface area (Å²) in [5, 5.41) is 20.5. The molecule has 2 N–H and O–H groups in total. The summed E-state index contributed by atoms with van der Waals surface area (Å²) in [5.41, 5.74) is 0.550. The summed E-state index contributed by atoms with van der Waals surface area (Å²) >= 11 is 1.23. The van der Waals surface area contributed by atoms with Crippen LogP contribution < -0.4 is 16.4 Å². The lowest BCUT2D eigenvalue weighted by molar-refractivity contribution is 0.0748. The number of carbonyl (C=O) groups is 1. The highest BCUT2D eigenvalue weighted by atomic mass is 32.1. The average Bonchev–Trinajstić information content (AvgIpc) is 3.16. The number of nitrogens with one attached hydrogen (secondary N) is 2. The molecule has 0 spiro atoms. The summed E-state index contributed by atoms with van der Waals surface area (Å²) in [5.74, 6) is -0.530. The van der Waals surface area contributed by atoms with Gasteiger partial charge in [-0.05, 0) is 45.4 Å². The Hall–Kier alpha value is -3.44. The molecule has 11 heteroatoms. The number of anilines is 1. The number of rotatable bonds is 7. The number of aromatic nitrogens is 5. The highest BCUT2D eigenvalue weighted by Crippen LogP contribution is 2.16. The normalized spacial score (nSPS) is 11.5. The second-order valence-electron chi connectivity index (χ2n) is 7.49. The largest absolute Gasteiger partial charge is 0.379 e. The molecule has 0 saturated carbocycles. The standard InChI is InChI=1S/C21H23N7O3S/c1-12(2)31-10-6-9-28-17(22)14(19(29)24-21-26-25-13(3)32-21)11-15-18(28)23-16-7-4-5-8-27(16)20(15)30/h4-5,7-8,11-12,22H,6,9-10H2,1-3H3,(H,24,26,29). The third-order valence-electron chi connectivity index (χ3n) is 4.79. The van der Waals surface area contributed by atoms with Crippen molar-refractivity contribution in [2.75, 3.05) is 11.9 Å². The molecule has 4 heterocycles. The highest BCUT2D eigenvalue weighted by molar-refractivity contribution is 7.15. The van der Waals surface area contributed by atoms with E-state index in [9.17, 15) is 9.59 Å². The van der Waals surface area contributed by atoms with Crippen LogP contribution in [-0.4, -0.2) is 42.8 Å². The van der Waals surface area contributed by atoms with Crippen LogP contribution in [0.1, 0.15) is 35.6 Å². The lowest BCUT2D eigenvalue weighted by atomic mass is 10.2. The number of pyridine rings is 2. The molecule has 166 valence electrons. The molecule has 10 nitrogen and oxygen atoms in total. The van der Waals surface area contributed by atoms with Gasteiger partial charge in [0.15, 0.2) is 0 Å². The third kappa shape index (κ3) is 4.30. The van der Waals surface area contributed by atoms with Gasteiger partial charge in [-0.3, -0.25) is 24.7 Å². The van der Waals surface area contributed by atoms with Crippen molar-refractivity contribution in [1.82, 2.24) is 24.1 Å². The molecule has 0 aliphatic carbocycles. The topological polar surface area (TPSA) is 127 Å². The zero-order valence-corrected chi connectivity index (χ0v) is 18.8. The molecule has 0 aromatic carbocycles. The van der Waals surface area contributed by atoms with Crippen LogP contribution in [0, 0.1) is 12.3 Å². The van der Waals surface area contributed by atoms with E-state index in [0.717, 1.165) is 0 Å². The van der Waals surface area contributed by atoms with Crippen LogP contribution in [0.5, 0.6) is 0 Å². The molecule has 0 atom stereocenters. The maximum Gasteiger partial charge on any atom is 0.267 e. The van der Waals surface area contributed by atoms with Gasteiger partial charge in [0.25, 0.3) is 11.5 Å². The van der Waals surface area contributed by atoms with Gasteiger partial charge < -0.3 is 9.30 Å². The van der Waals surface area contributed by atoms with E-state index in [0.29, 0.717) is 41.0 Å². The SMILES string of the molecule is Cc1nnc(NC(=O)c2cc3c(=O)n4ccccc4nc3n(CCCOC(C)C)c2=N)s1. The van der Waals surface area contributed by atoms with Gasteiger partial charge >= 0.3 is 0 Å². The molecule has 0 aliphatic heterocycles. The Morgan fingerprint density at radius 1 is 1.31 bits per heavy atom. The van der Waals surface area contributed by atoms with Crippen LogP contribution in [-0.2, 0) is 11.3 Å². The molecule has 0 unspecified atom stereocenters. The number of ether oxygens (including phenoxy) is 1. The maximum absolute atomic E-state index is 13.2. The van der Waals surface area contributed by atoms with Crippen LogP contribution in [0.15, 0.2) is 35.3 Å². The molecule has 0 radical (unpaired) electrons. The fourth-order valence-electron chi connectivity index (χ4n) is 3.33. The van der Waals surface area contributed by atoms with E-state index in [1.54, 1.807) is 35.9 Å². The lowest BCUT2D eigenvalue weighted by Gasteiger charge is -2.15. The van der Waals surface area contributed by atoms with Crippen molar-refractivity contribution < 1.29 is 9.53 Å². The van der Waals surface area contributed by atoms with E-state index in [1.165, 1.54) is 21.8 Å². The van der Waals surface area contributed by atoms with Crippen molar-refractivity contribution in [2.24, 2.45) is 0 Å². The fourth-order valence-corrected chi connectivity index (χ4v) is 3.92. The lowest BCUT2D eigenvalue weighted by Crippen LogP contribution is -2.32. The number of amides is 1. The number of nitrogens with zero attached hydrogens (tertiary/aromatic N) is 5. The first-order chi connectivity index (χ1) is 15.3. The van der Waals surface area contributed by atoms with E-state index < -0.39 is 5.91 Å². The van der Waals surface area contributed by atoms with Crippen molar-refractivity contribution in [3.8, 4) is 0 Å². The second kappa shape index (κ2) is 8.97. The van der Waals surface area contributed by atoms with E-state index in [4.69, 9.17) is 10.1 Å². The van der Waals surface area contributed by atoms with Crippen LogP contribution in [0.25, 0.3) is 16.7 Å². The van der Waals surface area contributed by atoms with E-state index >= 15 is 0 Å². The Morgan fingerprint density at radius 2 is 2.12 bits per heavy atom. The monoisotopic (exact) mass is 453 g/mol. The van der Waals surface area contributed by atoms with Crippen molar-refractivity contribution in [3.63, 3.8) is 0 Å². The fraction of sp³-hybridized carbons (Fsp3) is 0.333. The third-order valence-corrected chi connectivity index (χ3v) is 5.54. The Balaban J connectivity index is 1.84. The van der Waals surface area contributed by atoms with Gasteiger partial charge in [-0.15, -0.1) is 10.2 Å². The number of fused-ring (bicyclic) bond motifs is 2. The number of aryl methyl sites for hydroxylation is 2. The molecular formula is C21H23N7O3S. The van der Waals surface area contributed by atoms with Gasteiger partial charge in [-0.1, -0.05) is 17.4 Å². The number of carbonyl (C=O) groups excluding carboxylic acids is 1. The van der Waals surface area contributed by atoms with E-state index in [-0.39, 0.29) is 28.1 Å². The van der Waals surface area contributed by atoms with Gasteiger partial charge in [-0.2, -0.15) is 0 Å². The van der Waals surface area contributed by atoms with E-state index in [1.807, 2.05) is 13.8 Å². The van der Waals surface area contributed by atoms with E-state index in [2.05, 4.69) is 20.5 Å². The summed E-state index contributed by atoms with van der Waals surface area (Å²) in [6.07, 6.45) is 2.32. The molecule has 4 rings (SSSR count). The predicted molar refractivity (Wildman–Crippen MR) is 121 cm³/mol. The highest BCUT2D eigenvalue weighted by Gasteiger charge is 2.18. The zero-order chi connectivity index (χ0) is 22.8. The minimum atomic E-state index is -0.530. The molecular weight excluding hydrogens is 430 g/mol. The van der Waals surface area contributed by atoms with Gasteiger partial charge in [0.2, 0.25) is 5.13 Å². The van der Waals surface area contributed by atoms with Crippen LogP contribution in [0.2, 0.25) is 0 Å². The maximum atomic E-state index is 13.2. The minimum Gasteiger partial charge on any atom is -0.379 e. The first-order valence-electron chi connectivity index (χ1n) is 10.2. The molecule has 32 heavy (non-hydrogen) atoms. The summed E-state index contributed by atoms with van der Waals surface area (Å²) < 4.78 is 8.63. The molecule has 4 aromatic rings. The summed E-state index contributed by atoms with van der Waals surface area (Å²) in [6, 6.07) is 6.69. The quantitative estimate of drug-likeness (QED) is 0.327. The van der Waals surface area contributed by atoms with Crippen molar-refractivity contribution in [3.05, 3.63) is 56.9 Å².